The van der Waals surface area contributed by atoms with Crippen LogP contribution in [0.4, 0.5) is 11.4 Å². The average Bonchev–Trinajstić information content (AvgIpc) is 2.44. The molecule has 22 heavy (non-hydrogen) atoms. The van der Waals surface area contributed by atoms with Crippen LogP contribution < -0.4 is 10.1 Å². The van der Waals surface area contributed by atoms with Gasteiger partial charge in [-0.3, -0.25) is 14.9 Å². The van der Waals surface area contributed by atoms with Crippen molar-refractivity contribution >= 4 is 23.3 Å². The van der Waals surface area contributed by atoms with Crippen molar-refractivity contribution in [2.24, 2.45) is 0 Å². The zero-order valence-electron chi connectivity index (χ0n) is 12.4. The molecule has 0 saturated heterocycles. The number of anilines is 1. The highest BCUT2D eigenvalue weighted by molar-refractivity contribution is 5.95. The fourth-order valence-corrected chi connectivity index (χ4v) is 1.50. The van der Waals surface area contributed by atoms with Gasteiger partial charge in [0.1, 0.15) is 11.4 Å². The van der Waals surface area contributed by atoms with Gasteiger partial charge >= 0.3 is 5.97 Å². The second-order valence-electron chi connectivity index (χ2n) is 4.52. The molecule has 0 spiro atoms. The molecule has 0 saturated carbocycles. The van der Waals surface area contributed by atoms with E-state index >= 15 is 0 Å². The molecule has 0 aliphatic rings. The van der Waals surface area contributed by atoms with Crippen LogP contribution in [-0.2, 0) is 14.3 Å². The first-order chi connectivity index (χ1) is 10.3. The van der Waals surface area contributed by atoms with E-state index in [1.54, 1.807) is 13.8 Å². The van der Waals surface area contributed by atoms with E-state index < -0.39 is 23.4 Å². The third kappa shape index (κ3) is 5.23. The highest BCUT2D eigenvalue weighted by Gasteiger charge is 2.17. The van der Waals surface area contributed by atoms with E-state index in [2.05, 4.69) is 5.32 Å². The van der Waals surface area contributed by atoms with Crippen LogP contribution in [-0.4, -0.2) is 30.5 Å². The molecule has 0 aliphatic heterocycles. The molecule has 1 N–H and O–H groups in total. The Kier molecular flexibility index (Phi) is 6.06. The summed E-state index contributed by atoms with van der Waals surface area (Å²) >= 11 is 0. The van der Waals surface area contributed by atoms with Gasteiger partial charge in [-0.05, 0) is 26.0 Å². The monoisotopic (exact) mass is 308 g/mol. The smallest absolute Gasteiger partial charge is 0.331 e. The number of rotatable bonds is 6. The van der Waals surface area contributed by atoms with Gasteiger partial charge in [0.05, 0.1) is 18.1 Å². The minimum atomic E-state index is -0.677. The van der Waals surface area contributed by atoms with Crippen molar-refractivity contribution in [3.63, 3.8) is 0 Å². The minimum absolute atomic E-state index is 0.00550. The molecule has 118 valence electrons. The van der Waals surface area contributed by atoms with E-state index in [1.807, 2.05) is 0 Å². The molecular formula is C14H16N2O6. The number of nitrogens with zero attached hydrogens (tertiary/aromatic N) is 1. The predicted octanol–water partition coefficient (Wildman–Crippen LogP) is 2.05. The Bertz CT molecular complexity index is 620. The fraction of sp³-hybridized carbons (Fsp3) is 0.286. The standard InChI is InChI=1S/C14H16N2O6/c1-9(2)6-14(18)22-8-13(17)15-11-5-4-10(21-3)7-12(11)16(19)20/h4-7H,8H2,1-3H3,(H,15,17). The summed E-state index contributed by atoms with van der Waals surface area (Å²) < 4.78 is 9.60. The first-order valence-electron chi connectivity index (χ1n) is 6.27. The zero-order chi connectivity index (χ0) is 16.7. The number of hydrogen-bond acceptors (Lipinski definition) is 6. The Morgan fingerprint density at radius 3 is 2.59 bits per heavy atom. The lowest BCUT2D eigenvalue weighted by molar-refractivity contribution is -0.384. The lowest BCUT2D eigenvalue weighted by Crippen LogP contribution is -2.20. The summed E-state index contributed by atoms with van der Waals surface area (Å²) in [4.78, 5) is 33.3. The van der Waals surface area contributed by atoms with Gasteiger partial charge in [0.2, 0.25) is 0 Å². The fourth-order valence-electron chi connectivity index (χ4n) is 1.50. The molecule has 0 bridgehead atoms. The summed E-state index contributed by atoms with van der Waals surface area (Å²) in [5, 5.41) is 13.3. The van der Waals surface area contributed by atoms with Crippen molar-refractivity contribution in [2.45, 2.75) is 13.8 Å². The van der Waals surface area contributed by atoms with Gasteiger partial charge in [-0.1, -0.05) is 5.57 Å². The largest absolute Gasteiger partial charge is 0.496 e. The predicted molar refractivity (Wildman–Crippen MR) is 78.7 cm³/mol. The number of benzene rings is 1. The maximum Gasteiger partial charge on any atom is 0.331 e. The van der Waals surface area contributed by atoms with E-state index in [9.17, 15) is 19.7 Å². The Morgan fingerprint density at radius 2 is 2.05 bits per heavy atom. The highest BCUT2D eigenvalue weighted by Crippen LogP contribution is 2.28. The number of carbonyl (C=O) groups is 2. The zero-order valence-corrected chi connectivity index (χ0v) is 12.4. The van der Waals surface area contributed by atoms with Gasteiger partial charge in [0.25, 0.3) is 11.6 Å². The van der Waals surface area contributed by atoms with Crippen LogP contribution in [0, 0.1) is 10.1 Å². The molecule has 8 heteroatoms. The van der Waals surface area contributed by atoms with Crippen LogP contribution in [0.5, 0.6) is 5.75 Å². The molecule has 0 radical (unpaired) electrons. The number of nitrogens with one attached hydrogen (secondary N) is 1. The third-order valence-corrected chi connectivity index (χ3v) is 2.43. The number of methoxy groups -OCH3 is 1. The molecule has 0 aromatic heterocycles. The summed E-state index contributed by atoms with van der Waals surface area (Å²) in [6.45, 7) is 2.88. The van der Waals surface area contributed by atoms with Crippen molar-refractivity contribution in [1.82, 2.24) is 0 Å². The Balaban J connectivity index is 2.74. The van der Waals surface area contributed by atoms with Gasteiger partial charge in [-0.15, -0.1) is 0 Å². The van der Waals surface area contributed by atoms with E-state index in [1.165, 1.54) is 31.4 Å². The molecule has 8 nitrogen and oxygen atoms in total. The number of nitro benzene ring substituents is 1. The Hall–Kier alpha value is -2.90. The molecule has 1 aromatic rings. The Morgan fingerprint density at radius 1 is 1.36 bits per heavy atom. The molecule has 0 aliphatic carbocycles. The molecule has 0 atom stereocenters. The summed E-state index contributed by atoms with van der Waals surface area (Å²) in [7, 11) is 1.38. The normalized spacial score (nSPS) is 9.59. The van der Waals surface area contributed by atoms with Gasteiger partial charge in [0.15, 0.2) is 6.61 Å². The number of esters is 1. The molecular weight excluding hydrogens is 292 g/mol. The summed E-state index contributed by atoms with van der Waals surface area (Å²) in [5.74, 6) is -1.04. The van der Waals surface area contributed by atoms with Crippen LogP contribution in [0.25, 0.3) is 0 Å². The van der Waals surface area contributed by atoms with Crippen molar-refractivity contribution in [3.8, 4) is 5.75 Å². The molecule has 1 amide bonds. The first kappa shape index (κ1) is 17.2. The van der Waals surface area contributed by atoms with Crippen molar-refractivity contribution in [2.75, 3.05) is 19.0 Å². The lowest BCUT2D eigenvalue weighted by atomic mass is 10.2. The summed E-state index contributed by atoms with van der Waals surface area (Å²) in [6, 6.07) is 4.00. The van der Waals surface area contributed by atoms with Gasteiger partial charge in [0, 0.05) is 6.08 Å². The second-order valence-corrected chi connectivity index (χ2v) is 4.52. The van der Waals surface area contributed by atoms with Crippen LogP contribution in [0.15, 0.2) is 29.8 Å². The topological polar surface area (TPSA) is 108 Å². The quantitative estimate of drug-likeness (QED) is 0.373. The van der Waals surface area contributed by atoms with Crippen molar-refractivity contribution < 1.29 is 24.0 Å². The van der Waals surface area contributed by atoms with E-state index in [-0.39, 0.29) is 11.4 Å². The van der Waals surface area contributed by atoms with Gasteiger partial charge < -0.3 is 14.8 Å². The molecule has 1 aromatic carbocycles. The lowest BCUT2D eigenvalue weighted by Gasteiger charge is -2.07. The van der Waals surface area contributed by atoms with Crippen LogP contribution >= 0.6 is 0 Å². The average molecular weight is 308 g/mol. The summed E-state index contributed by atoms with van der Waals surface area (Å²) in [6.07, 6.45) is 1.24. The number of carbonyl (C=O) groups excluding carboxylic acids is 2. The maximum absolute atomic E-state index is 11.7. The van der Waals surface area contributed by atoms with Crippen LogP contribution in [0.1, 0.15) is 13.8 Å². The highest BCUT2D eigenvalue weighted by atomic mass is 16.6. The molecule has 0 unspecified atom stereocenters. The SMILES string of the molecule is COc1ccc(NC(=O)COC(=O)C=C(C)C)c([N+](=O)[O-])c1. The number of allylic oxidation sites excluding steroid dienone is 1. The van der Waals surface area contributed by atoms with E-state index in [0.717, 1.165) is 5.57 Å². The van der Waals surface area contributed by atoms with Crippen molar-refractivity contribution in [3.05, 3.63) is 40.0 Å². The van der Waals surface area contributed by atoms with E-state index in [4.69, 9.17) is 9.47 Å². The molecule has 1 rings (SSSR count). The second kappa shape index (κ2) is 7.77. The van der Waals surface area contributed by atoms with Crippen LogP contribution in [0.3, 0.4) is 0 Å². The van der Waals surface area contributed by atoms with Gasteiger partial charge in [-0.25, -0.2) is 4.79 Å². The number of nitro groups is 1. The number of amides is 1. The van der Waals surface area contributed by atoms with Crippen molar-refractivity contribution in [1.29, 1.82) is 0 Å². The Labute approximate surface area is 126 Å². The van der Waals surface area contributed by atoms with E-state index in [0.29, 0.717) is 5.75 Å². The van der Waals surface area contributed by atoms with Crippen LogP contribution in [0.2, 0.25) is 0 Å². The number of hydrogen-bond donors (Lipinski definition) is 1. The minimum Gasteiger partial charge on any atom is -0.496 e. The molecule has 0 heterocycles. The first-order valence-corrected chi connectivity index (χ1v) is 6.27. The van der Waals surface area contributed by atoms with Gasteiger partial charge in [-0.2, -0.15) is 0 Å². The third-order valence-electron chi connectivity index (χ3n) is 2.43. The summed E-state index contributed by atoms with van der Waals surface area (Å²) in [5.41, 5.74) is 0.411. The maximum atomic E-state index is 11.7. The molecule has 0 fully saturated rings. The number of ether oxygens (including phenoxy) is 2.